The number of urea groups is 1. The molecule has 1 heterocycles. The van der Waals surface area contributed by atoms with Crippen molar-refractivity contribution in [3.05, 3.63) is 0 Å². The van der Waals surface area contributed by atoms with E-state index in [-0.39, 0.29) is 11.9 Å². The average Bonchev–Trinajstić information content (AvgIpc) is 2.70. The Bertz CT molecular complexity index is 210. The van der Waals surface area contributed by atoms with E-state index in [4.69, 9.17) is 0 Å². The van der Waals surface area contributed by atoms with Gasteiger partial charge in [-0.1, -0.05) is 0 Å². The molecule has 1 saturated heterocycles. The molecule has 0 radical (unpaired) electrons. The van der Waals surface area contributed by atoms with Crippen LogP contribution in [0.2, 0.25) is 0 Å². The first-order valence-corrected chi connectivity index (χ1v) is 3.88. The van der Waals surface area contributed by atoms with Gasteiger partial charge in [-0.3, -0.25) is 10.1 Å². The van der Waals surface area contributed by atoms with Crippen LogP contribution >= 0.6 is 0 Å². The topological polar surface area (TPSA) is 49.4 Å². The molecule has 0 bridgehead atoms. The predicted octanol–water partition coefficient (Wildman–Crippen LogP) is 0.0907. The molecule has 60 valence electrons. The standard InChI is InChI=1S/C7H10N2O2/c10-6-3-4-9(5-1-2-5)7(11)8-6/h5H,1-4H2,(H,8,10,11). The number of rotatable bonds is 1. The summed E-state index contributed by atoms with van der Waals surface area (Å²) in [4.78, 5) is 23.5. The fourth-order valence-electron chi connectivity index (χ4n) is 1.31. The van der Waals surface area contributed by atoms with Gasteiger partial charge >= 0.3 is 6.03 Å². The Labute approximate surface area is 64.5 Å². The molecular formula is C7H10N2O2. The Kier molecular flexibility index (Phi) is 1.34. The van der Waals surface area contributed by atoms with E-state index in [0.29, 0.717) is 19.0 Å². The van der Waals surface area contributed by atoms with E-state index >= 15 is 0 Å². The SMILES string of the molecule is O=C1CCN(C2CC2)C(=O)N1. The summed E-state index contributed by atoms with van der Waals surface area (Å²) in [5, 5.41) is 2.30. The highest BCUT2D eigenvalue weighted by Crippen LogP contribution is 2.27. The van der Waals surface area contributed by atoms with Gasteiger partial charge in [0.25, 0.3) is 0 Å². The van der Waals surface area contributed by atoms with Crippen LogP contribution in [0.5, 0.6) is 0 Å². The van der Waals surface area contributed by atoms with Crippen molar-refractivity contribution in [3.63, 3.8) is 0 Å². The van der Waals surface area contributed by atoms with Crippen molar-refractivity contribution in [2.24, 2.45) is 0 Å². The highest BCUT2D eigenvalue weighted by molar-refractivity contribution is 5.96. The minimum Gasteiger partial charge on any atom is -0.321 e. The summed E-state index contributed by atoms with van der Waals surface area (Å²) in [6.45, 7) is 0.606. The molecule has 0 aromatic carbocycles. The Hall–Kier alpha value is -1.06. The van der Waals surface area contributed by atoms with Crippen molar-refractivity contribution in [2.45, 2.75) is 25.3 Å². The second kappa shape index (κ2) is 2.22. The fraction of sp³-hybridized carbons (Fsp3) is 0.714. The number of carbonyl (C=O) groups is 2. The van der Waals surface area contributed by atoms with E-state index < -0.39 is 0 Å². The number of nitrogens with zero attached hydrogens (tertiary/aromatic N) is 1. The second-order valence-corrected chi connectivity index (χ2v) is 3.03. The zero-order valence-electron chi connectivity index (χ0n) is 6.17. The summed E-state index contributed by atoms with van der Waals surface area (Å²) in [6.07, 6.45) is 2.66. The molecule has 1 N–H and O–H groups in total. The third-order valence-corrected chi connectivity index (χ3v) is 2.07. The van der Waals surface area contributed by atoms with Crippen molar-refractivity contribution >= 4 is 11.9 Å². The van der Waals surface area contributed by atoms with Crippen molar-refractivity contribution in [2.75, 3.05) is 6.54 Å². The largest absolute Gasteiger partial charge is 0.324 e. The first-order valence-electron chi connectivity index (χ1n) is 3.88. The molecule has 2 aliphatic rings. The first kappa shape index (κ1) is 6.64. The molecule has 0 unspecified atom stereocenters. The van der Waals surface area contributed by atoms with E-state index in [0.717, 1.165) is 12.8 Å². The van der Waals surface area contributed by atoms with Gasteiger partial charge in [0, 0.05) is 19.0 Å². The number of imide groups is 1. The lowest BCUT2D eigenvalue weighted by Crippen LogP contribution is -2.50. The molecule has 1 saturated carbocycles. The lowest BCUT2D eigenvalue weighted by Gasteiger charge is -2.25. The molecule has 0 aromatic heterocycles. The van der Waals surface area contributed by atoms with Gasteiger partial charge < -0.3 is 4.90 Å². The van der Waals surface area contributed by atoms with Crippen LogP contribution in [0, 0.1) is 0 Å². The molecule has 0 atom stereocenters. The van der Waals surface area contributed by atoms with Gasteiger partial charge in [0.2, 0.25) is 5.91 Å². The molecule has 11 heavy (non-hydrogen) atoms. The maximum Gasteiger partial charge on any atom is 0.324 e. The van der Waals surface area contributed by atoms with Gasteiger partial charge in [-0.15, -0.1) is 0 Å². The fourth-order valence-corrected chi connectivity index (χ4v) is 1.31. The van der Waals surface area contributed by atoms with Crippen molar-refractivity contribution in [3.8, 4) is 0 Å². The van der Waals surface area contributed by atoms with Gasteiger partial charge in [-0.05, 0) is 12.8 Å². The number of nitrogens with one attached hydrogen (secondary N) is 1. The summed E-state index contributed by atoms with van der Waals surface area (Å²) >= 11 is 0. The Morgan fingerprint density at radius 3 is 2.64 bits per heavy atom. The predicted molar refractivity (Wildman–Crippen MR) is 37.9 cm³/mol. The van der Waals surface area contributed by atoms with Crippen molar-refractivity contribution in [1.82, 2.24) is 10.2 Å². The minimum atomic E-state index is -0.205. The normalized spacial score (nSPS) is 25.3. The molecule has 3 amide bonds. The lowest BCUT2D eigenvalue weighted by atomic mass is 10.3. The van der Waals surface area contributed by atoms with Gasteiger partial charge in [0.1, 0.15) is 0 Å². The van der Waals surface area contributed by atoms with Gasteiger partial charge in [0.05, 0.1) is 0 Å². The van der Waals surface area contributed by atoms with Crippen LogP contribution in [-0.4, -0.2) is 29.4 Å². The minimum absolute atomic E-state index is 0.146. The first-order chi connectivity index (χ1) is 5.27. The van der Waals surface area contributed by atoms with Crippen molar-refractivity contribution in [1.29, 1.82) is 0 Å². The summed E-state index contributed by atoms with van der Waals surface area (Å²) in [5.74, 6) is -0.146. The Morgan fingerprint density at radius 1 is 1.36 bits per heavy atom. The van der Waals surface area contributed by atoms with Crippen LogP contribution in [0.1, 0.15) is 19.3 Å². The average molecular weight is 154 g/mol. The third kappa shape index (κ3) is 1.20. The van der Waals surface area contributed by atoms with Crippen LogP contribution in [0.3, 0.4) is 0 Å². The number of hydrogen-bond acceptors (Lipinski definition) is 2. The number of amides is 3. The Balaban J connectivity index is 2.00. The quantitative estimate of drug-likeness (QED) is 0.582. The van der Waals surface area contributed by atoms with E-state index in [9.17, 15) is 9.59 Å². The summed E-state index contributed by atoms with van der Waals surface area (Å²) < 4.78 is 0. The maximum absolute atomic E-state index is 11.1. The highest BCUT2D eigenvalue weighted by atomic mass is 16.2. The molecule has 1 aliphatic heterocycles. The summed E-state index contributed by atoms with van der Waals surface area (Å²) in [7, 11) is 0. The zero-order valence-corrected chi connectivity index (χ0v) is 6.17. The summed E-state index contributed by atoms with van der Waals surface area (Å²) in [5.41, 5.74) is 0. The number of carbonyl (C=O) groups excluding carboxylic acids is 2. The molecule has 1 aliphatic carbocycles. The van der Waals surface area contributed by atoms with Gasteiger partial charge in [-0.25, -0.2) is 4.79 Å². The molecule has 0 spiro atoms. The Morgan fingerprint density at radius 2 is 2.09 bits per heavy atom. The van der Waals surface area contributed by atoms with E-state index in [1.54, 1.807) is 4.90 Å². The van der Waals surface area contributed by atoms with Crippen LogP contribution in [0.25, 0.3) is 0 Å². The lowest BCUT2D eigenvalue weighted by molar-refractivity contribution is -0.121. The monoisotopic (exact) mass is 154 g/mol. The molecular weight excluding hydrogens is 144 g/mol. The molecule has 4 heteroatoms. The zero-order chi connectivity index (χ0) is 7.84. The molecule has 2 fully saturated rings. The number of hydrogen-bond donors (Lipinski definition) is 1. The molecule has 0 aromatic rings. The molecule has 4 nitrogen and oxygen atoms in total. The molecule has 2 rings (SSSR count). The van der Waals surface area contributed by atoms with Gasteiger partial charge in [0.15, 0.2) is 0 Å². The van der Waals surface area contributed by atoms with E-state index in [1.165, 1.54) is 0 Å². The van der Waals surface area contributed by atoms with Crippen LogP contribution < -0.4 is 5.32 Å². The maximum atomic E-state index is 11.1. The summed E-state index contributed by atoms with van der Waals surface area (Å²) in [6, 6.07) is 0.215. The second-order valence-electron chi connectivity index (χ2n) is 3.03. The van der Waals surface area contributed by atoms with E-state index in [2.05, 4.69) is 5.32 Å². The van der Waals surface area contributed by atoms with Crippen LogP contribution in [-0.2, 0) is 4.79 Å². The highest BCUT2D eigenvalue weighted by Gasteiger charge is 2.35. The smallest absolute Gasteiger partial charge is 0.321 e. The van der Waals surface area contributed by atoms with Crippen LogP contribution in [0.15, 0.2) is 0 Å². The van der Waals surface area contributed by atoms with Gasteiger partial charge in [-0.2, -0.15) is 0 Å². The van der Waals surface area contributed by atoms with Crippen molar-refractivity contribution < 1.29 is 9.59 Å². The van der Waals surface area contributed by atoms with E-state index in [1.807, 2.05) is 0 Å². The third-order valence-electron chi connectivity index (χ3n) is 2.07. The van der Waals surface area contributed by atoms with Crippen LogP contribution in [0.4, 0.5) is 4.79 Å².